The van der Waals surface area contributed by atoms with E-state index in [0.717, 1.165) is 42.1 Å². The van der Waals surface area contributed by atoms with E-state index in [2.05, 4.69) is 10.6 Å². The molecule has 2 N–H and O–H groups in total. The van der Waals surface area contributed by atoms with Crippen LogP contribution in [0.5, 0.6) is 5.75 Å². The Morgan fingerprint density at radius 2 is 2.04 bits per heavy atom. The number of rotatable bonds is 7. The number of carbonyl (C=O) groups excluding carboxylic acids is 1. The number of carbonyl (C=O) groups is 1. The van der Waals surface area contributed by atoms with Gasteiger partial charge in [-0.2, -0.15) is 0 Å². The summed E-state index contributed by atoms with van der Waals surface area (Å²) in [5.41, 5.74) is 2.80. The van der Waals surface area contributed by atoms with Crippen LogP contribution in [-0.4, -0.2) is 31.8 Å². The highest BCUT2D eigenvalue weighted by atomic mass is 16.5. The van der Waals surface area contributed by atoms with Gasteiger partial charge < -0.3 is 20.1 Å². The van der Waals surface area contributed by atoms with Gasteiger partial charge in [-0.25, -0.2) is 0 Å². The lowest BCUT2D eigenvalue weighted by Crippen LogP contribution is -2.21. The van der Waals surface area contributed by atoms with Gasteiger partial charge in [0.2, 0.25) is 5.91 Å². The highest BCUT2D eigenvalue weighted by Gasteiger charge is 2.15. The summed E-state index contributed by atoms with van der Waals surface area (Å²) in [6.45, 7) is 3.63. The Bertz CT molecular complexity index is 694. The number of ether oxygens (including phenoxy) is 2. The van der Waals surface area contributed by atoms with Crippen LogP contribution in [0.1, 0.15) is 18.4 Å². The number of amides is 1. The van der Waals surface area contributed by atoms with Gasteiger partial charge in [0.05, 0.1) is 12.6 Å². The maximum Gasteiger partial charge on any atom is 0.243 e. The zero-order valence-electron chi connectivity index (χ0n) is 14.5. The highest BCUT2D eigenvalue weighted by molar-refractivity contribution is 5.93. The molecular weight excluding hydrogens is 316 g/mol. The summed E-state index contributed by atoms with van der Waals surface area (Å²) < 4.78 is 11.3. The van der Waals surface area contributed by atoms with Crippen LogP contribution in [0.2, 0.25) is 0 Å². The lowest BCUT2D eigenvalue weighted by atomic mass is 10.2. The molecule has 0 radical (unpaired) electrons. The Balaban J connectivity index is 1.42. The lowest BCUT2D eigenvalue weighted by molar-refractivity contribution is -0.114. The molecule has 1 heterocycles. The van der Waals surface area contributed by atoms with Gasteiger partial charge in [0.1, 0.15) is 12.4 Å². The molecule has 132 valence electrons. The summed E-state index contributed by atoms with van der Waals surface area (Å²) in [5, 5.41) is 5.99. The van der Waals surface area contributed by atoms with E-state index in [9.17, 15) is 4.79 Å². The van der Waals surface area contributed by atoms with Crippen molar-refractivity contribution in [1.82, 2.24) is 0 Å². The van der Waals surface area contributed by atoms with Crippen molar-refractivity contribution in [3.63, 3.8) is 0 Å². The second-order valence-electron chi connectivity index (χ2n) is 6.24. The Labute approximate surface area is 148 Å². The van der Waals surface area contributed by atoms with Gasteiger partial charge in [-0.3, -0.25) is 4.79 Å². The quantitative estimate of drug-likeness (QED) is 0.808. The average molecular weight is 340 g/mol. The molecule has 1 amide bonds. The van der Waals surface area contributed by atoms with Gasteiger partial charge in [-0.15, -0.1) is 0 Å². The number of nitrogens with one attached hydrogen (secondary N) is 2. The van der Waals surface area contributed by atoms with Crippen molar-refractivity contribution in [3.8, 4) is 5.75 Å². The molecule has 25 heavy (non-hydrogen) atoms. The predicted molar refractivity (Wildman–Crippen MR) is 99.2 cm³/mol. The van der Waals surface area contributed by atoms with Crippen LogP contribution >= 0.6 is 0 Å². The summed E-state index contributed by atoms with van der Waals surface area (Å²) >= 11 is 0. The second kappa shape index (κ2) is 8.53. The van der Waals surface area contributed by atoms with E-state index in [0.29, 0.717) is 6.61 Å². The Morgan fingerprint density at radius 3 is 2.76 bits per heavy atom. The molecule has 0 bridgehead atoms. The molecule has 2 aromatic carbocycles. The minimum atomic E-state index is -0.0793. The fourth-order valence-corrected chi connectivity index (χ4v) is 2.74. The van der Waals surface area contributed by atoms with Crippen LogP contribution in [0.15, 0.2) is 48.5 Å². The van der Waals surface area contributed by atoms with Crippen LogP contribution in [0.4, 0.5) is 11.4 Å². The molecule has 0 saturated carbocycles. The van der Waals surface area contributed by atoms with Crippen LogP contribution in [0, 0.1) is 6.92 Å². The van der Waals surface area contributed by atoms with E-state index < -0.39 is 0 Å². The first-order valence-electron chi connectivity index (χ1n) is 8.64. The molecule has 0 spiro atoms. The standard InChI is InChI=1S/C20H24N2O3/c1-15-4-2-5-17(12-15)22-20(23)13-21-16-7-9-18(10-8-16)25-14-19-6-3-11-24-19/h2,4-5,7-10,12,19,21H,3,6,11,13-14H2,1H3,(H,22,23). The number of anilines is 2. The fraction of sp³-hybridized carbons (Fsp3) is 0.350. The van der Waals surface area contributed by atoms with Gasteiger partial charge in [0, 0.05) is 18.0 Å². The molecule has 0 aliphatic carbocycles. The molecule has 1 unspecified atom stereocenters. The summed E-state index contributed by atoms with van der Waals surface area (Å²) in [5.74, 6) is 0.731. The maximum absolute atomic E-state index is 12.0. The van der Waals surface area contributed by atoms with Gasteiger partial charge in [0.15, 0.2) is 0 Å². The lowest BCUT2D eigenvalue weighted by Gasteiger charge is -2.12. The summed E-state index contributed by atoms with van der Waals surface area (Å²) in [6, 6.07) is 15.4. The third kappa shape index (κ3) is 5.50. The van der Waals surface area contributed by atoms with Crippen LogP contribution < -0.4 is 15.4 Å². The van der Waals surface area contributed by atoms with E-state index in [1.165, 1.54) is 0 Å². The van der Waals surface area contributed by atoms with Crippen LogP contribution in [0.3, 0.4) is 0 Å². The van der Waals surface area contributed by atoms with E-state index in [1.54, 1.807) is 0 Å². The third-order valence-corrected chi connectivity index (χ3v) is 4.07. The minimum Gasteiger partial charge on any atom is -0.491 e. The monoisotopic (exact) mass is 340 g/mol. The van der Waals surface area contributed by atoms with Gasteiger partial charge in [-0.1, -0.05) is 12.1 Å². The van der Waals surface area contributed by atoms with Gasteiger partial charge in [0.25, 0.3) is 0 Å². The van der Waals surface area contributed by atoms with Crippen molar-refractivity contribution in [2.45, 2.75) is 25.9 Å². The number of hydrogen-bond acceptors (Lipinski definition) is 4. The topological polar surface area (TPSA) is 59.6 Å². The van der Waals surface area contributed by atoms with Crippen molar-refractivity contribution in [2.75, 3.05) is 30.4 Å². The normalized spacial score (nSPS) is 16.4. The number of hydrogen-bond donors (Lipinski definition) is 2. The molecule has 5 nitrogen and oxygen atoms in total. The highest BCUT2D eigenvalue weighted by Crippen LogP contribution is 2.18. The van der Waals surface area contributed by atoms with Crippen molar-refractivity contribution < 1.29 is 14.3 Å². The zero-order valence-corrected chi connectivity index (χ0v) is 14.5. The first-order chi connectivity index (χ1) is 12.2. The number of benzene rings is 2. The molecule has 1 aliphatic heterocycles. The smallest absolute Gasteiger partial charge is 0.243 e. The van der Waals surface area contributed by atoms with E-state index in [1.807, 2.05) is 55.5 Å². The van der Waals surface area contributed by atoms with Crippen LogP contribution in [0.25, 0.3) is 0 Å². The molecule has 0 aromatic heterocycles. The second-order valence-corrected chi connectivity index (χ2v) is 6.24. The van der Waals surface area contributed by atoms with Crippen LogP contribution in [-0.2, 0) is 9.53 Å². The fourth-order valence-electron chi connectivity index (χ4n) is 2.74. The maximum atomic E-state index is 12.0. The summed E-state index contributed by atoms with van der Waals surface area (Å²) in [7, 11) is 0. The Morgan fingerprint density at radius 1 is 1.20 bits per heavy atom. The SMILES string of the molecule is Cc1cccc(NC(=O)CNc2ccc(OCC3CCCO3)cc2)c1. The van der Waals surface area contributed by atoms with E-state index in [-0.39, 0.29) is 18.6 Å². The molecule has 1 atom stereocenters. The van der Waals surface area contributed by atoms with Gasteiger partial charge >= 0.3 is 0 Å². The van der Waals surface area contributed by atoms with Crippen molar-refractivity contribution in [2.24, 2.45) is 0 Å². The van der Waals surface area contributed by atoms with E-state index >= 15 is 0 Å². The van der Waals surface area contributed by atoms with Crippen molar-refractivity contribution >= 4 is 17.3 Å². The Hall–Kier alpha value is -2.53. The summed E-state index contributed by atoms with van der Waals surface area (Å²) in [4.78, 5) is 12.0. The molecule has 1 aliphatic rings. The molecule has 2 aromatic rings. The largest absolute Gasteiger partial charge is 0.491 e. The van der Waals surface area contributed by atoms with Gasteiger partial charge in [-0.05, 0) is 61.7 Å². The molecule has 5 heteroatoms. The first kappa shape index (κ1) is 17.3. The van der Waals surface area contributed by atoms with Crippen molar-refractivity contribution in [1.29, 1.82) is 0 Å². The van der Waals surface area contributed by atoms with Crippen molar-refractivity contribution in [3.05, 3.63) is 54.1 Å². The molecule has 1 saturated heterocycles. The zero-order chi connectivity index (χ0) is 17.5. The first-order valence-corrected chi connectivity index (χ1v) is 8.64. The third-order valence-electron chi connectivity index (χ3n) is 4.07. The number of aryl methyl sites for hydroxylation is 1. The van der Waals surface area contributed by atoms with E-state index in [4.69, 9.17) is 9.47 Å². The Kier molecular flexibility index (Phi) is 5.90. The molecular formula is C20H24N2O3. The predicted octanol–water partition coefficient (Wildman–Crippen LogP) is 3.60. The average Bonchev–Trinajstić information content (AvgIpc) is 3.13. The molecule has 1 fully saturated rings. The molecule has 3 rings (SSSR count). The summed E-state index contributed by atoms with van der Waals surface area (Å²) in [6.07, 6.45) is 2.39. The minimum absolute atomic E-state index is 0.0793.